The summed E-state index contributed by atoms with van der Waals surface area (Å²) in [6.45, 7) is 0. The molecule has 0 bridgehead atoms. The zero-order valence-corrected chi connectivity index (χ0v) is 11.4. The van der Waals surface area contributed by atoms with Gasteiger partial charge in [0.15, 0.2) is 0 Å². The van der Waals surface area contributed by atoms with E-state index in [-0.39, 0.29) is 5.56 Å². The first kappa shape index (κ1) is 13.7. The Kier molecular flexibility index (Phi) is 4.27. The maximum atomic E-state index is 13.4. The molecule has 98 valence electrons. The number of rotatable bonds is 3. The van der Waals surface area contributed by atoms with Gasteiger partial charge in [-0.2, -0.15) is 0 Å². The fourth-order valence-corrected chi connectivity index (χ4v) is 1.95. The van der Waals surface area contributed by atoms with Crippen LogP contribution in [0.4, 0.5) is 14.5 Å². The molecular weight excluding hydrogens is 316 g/mol. The molecule has 0 saturated heterocycles. The summed E-state index contributed by atoms with van der Waals surface area (Å²) in [5, 5.41) is 3.23. The van der Waals surface area contributed by atoms with E-state index in [0.29, 0.717) is 17.1 Å². The Morgan fingerprint density at radius 1 is 1.16 bits per heavy atom. The highest BCUT2D eigenvalue weighted by molar-refractivity contribution is 9.08. The van der Waals surface area contributed by atoms with Crippen molar-refractivity contribution in [3.63, 3.8) is 0 Å². The van der Waals surface area contributed by atoms with Crippen LogP contribution in [0.2, 0.25) is 0 Å². The summed E-state index contributed by atoms with van der Waals surface area (Å²) < 4.78 is 26.2. The van der Waals surface area contributed by atoms with Crippen LogP contribution in [0.25, 0.3) is 0 Å². The Morgan fingerprint density at radius 3 is 2.63 bits per heavy atom. The van der Waals surface area contributed by atoms with E-state index < -0.39 is 17.5 Å². The van der Waals surface area contributed by atoms with Crippen molar-refractivity contribution in [3.05, 3.63) is 65.2 Å². The largest absolute Gasteiger partial charge is 0.322 e. The van der Waals surface area contributed by atoms with E-state index in [1.54, 1.807) is 18.2 Å². The van der Waals surface area contributed by atoms with E-state index >= 15 is 0 Å². The third-order valence-electron chi connectivity index (χ3n) is 2.51. The van der Waals surface area contributed by atoms with E-state index in [2.05, 4.69) is 21.2 Å². The normalized spacial score (nSPS) is 10.3. The van der Waals surface area contributed by atoms with Gasteiger partial charge < -0.3 is 5.32 Å². The lowest BCUT2D eigenvalue weighted by Gasteiger charge is -2.07. The van der Waals surface area contributed by atoms with Gasteiger partial charge in [-0.3, -0.25) is 4.79 Å². The van der Waals surface area contributed by atoms with Gasteiger partial charge in [0.1, 0.15) is 11.6 Å². The second-order valence-corrected chi connectivity index (χ2v) is 4.47. The minimum atomic E-state index is -0.880. The zero-order valence-electron chi connectivity index (χ0n) is 9.79. The number of hydrogen-bond donors (Lipinski definition) is 1. The Balaban J connectivity index is 2.20. The van der Waals surface area contributed by atoms with Crippen molar-refractivity contribution in [3.8, 4) is 0 Å². The van der Waals surface area contributed by atoms with E-state index in [9.17, 15) is 13.6 Å². The Labute approximate surface area is 117 Å². The summed E-state index contributed by atoms with van der Waals surface area (Å²) in [6, 6.07) is 10.0. The molecule has 0 aromatic heterocycles. The number of hydrogen-bond acceptors (Lipinski definition) is 1. The maximum Gasteiger partial charge on any atom is 0.258 e. The SMILES string of the molecule is O=C(Nc1cccc(CBr)c1)c1ccc(F)cc1F. The van der Waals surface area contributed by atoms with Crippen LogP contribution in [0.3, 0.4) is 0 Å². The fraction of sp³-hybridized carbons (Fsp3) is 0.0714. The molecule has 1 amide bonds. The van der Waals surface area contributed by atoms with Gasteiger partial charge in [-0.1, -0.05) is 28.1 Å². The molecule has 0 saturated carbocycles. The quantitative estimate of drug-likeness (QED) is 0.845. The van der Waals surface area contributed by atoms with Gasteiger partial charge >= 0.3 is 0 Å². The molecule has 5 heteroatoms. The highest BCUT2D eigenvalue weighted by Crippen LogP contribution is 2.16. The third kappa shape index (κ3) is 3.38. The molecule has 0 aliphatic rings. The second kappa shape index (κ2) is 5.93. The molecule has 2 aromatic rings. The molecule has 2 rings (SSSR count). The standard InChI is InChI=1S/C14H10BrF2NO/c15-8-9-2-1-3-11(6-9)18-14(19)12-5-4-10(16)7-13(12)17/h1-7H,8H2,(H,18,19). The van der Waals surface area contributed by atoms with Crippen molar-refractivity contribution >= 4 is 27.5 Å². The molecule has 0 spiro atoms. The Bertz CT molecular complexity index is 616. The molecule has 1 N–H and O–H groups in total. The number of carbonyl (C=O) groups excluding carboxylic acids is 1. The molecule has 0 aliphatic heterocycles. The van der Waals surface area contributed by atoms with Gasteiger partial charge in [-0.25, -0.2) is 8.78 Å². The average Bonchev–Trinajstić information content (AvgIpc) is 2.38. The summed E-state index contributed by atoms with van der Waals surface area (Å²) in [6.07, 6.45) is 0. The lowest BCUT2D eigenvalue weighted by molar-refractivity contribution is 0.102. The smallest absolute Gasteiger partial charge is 0.258 e. The second-order valence-electron chi connectivity index (χ2n) is 3.91. The Morgan fingerprint density at radius 2 is 1.95 bits per heavy atom. The number of amides is 1. The van der Waals surface area contributed by atoms with Crippen LogP contribution >= 0.6 is 15.9 Å². The van der Waals surface area contributed by atoms with E-state index in [1.165, 1.54) is 0 Å². The van der Waals surface area contributed by atoms with Crippen LogP contribution in [-0.2, 0) is 5.33 Å². The predicted molar refractivity (Wildman–Crippen MR) is 73.4 cm³/mol. The van der Waals surface area contributed by atoms with E-state index in [1.807, 2.05) is 6.07 Å². The van der Waals surface area contributed by atoms with Crippen molar-refractivity contribution < 1.29 is 13.6 Å². The lowest BCUT2D eigenvalue weighted by atomic mass is 10.1. The average molecular weight is 326 g/mol. The molecule has 0 radical (unpaired) electrons. The zero-order chi connectivity index (χ0) is 13.8. The van der Waals surface area contributed by atoms with Crippen molar-refractivity contribution in [2.75, 3.05) is 5.32 Å². The number of halogens is 3. The van der Waals surface area contributed by atoms with Crippen molar-refractivity contribution in [2.24, 2.45) is 0 Å². The van der Waals surface area contributed by atoms with Crippen molar-refractivity contribution in [1.29, 1.82) is 0 Å². The number of nitrogens with one attached hydrogen (secondary N) is 1. The molecule has 19 heavy (non-hydrogen) atoms. The monoisotopic (exact) mass is 325 g/mol. The highest BCUT2D eigenvalue weighted by Gasteiger charge is 2.12. The van der Waals surface area contributed by atoms with Gasteiger partial charge in [0.2, 0.25) is 0 Å². The summed E-state index contributed by atoms with van der Waals surface area (Å²) in [7, 11) is 0. The van der Waals surface area contributed by atoms with Crippen LogP contribution in [0.15, 0.2) is 42.5 Å². The number of alkyl halides is 1. The van der Waals surface area contributed by atoms with Gasteiger partial charge in [-0.15, -0.1) is 0 Å². The highest BCUT2D eigenvalue weighted by atomic mass is 79.9. The molecule has 2 nitrogen and oxygen atoms in total. The van der Waals surface area contributed by atoms with Crippen LogP contribution in [0.1, 0.15) is 15.9 Å². The predicted octanol–water partition coefficient (Wildman–Crippen LogP) is 4.11. The molecule has 0 atom stereocenters. The van der Waals surface area contributed by atoms with Gasteiger partial charge in [0.05, 0.1) is 5.56 Å². The summed E-state index contributed by atoms with van der Waals surface area (Å²) in [5.41, 5.74) is 1.36. The molecule has 0 unspecified atom stereocenters. The maximum absolute atomic E-state index is 13.4. The van der Waals surface area contributed by atoms with Crippen LogP contribution in [0, 0.1) is 11.6 Å². The molecule has 2 aromatic carbocycles. The third-order valence-corrected chi connectivity index (χ3v) is 3.16. The first-order valence-corrected chi connectivity index (χ1v) is 6.63. The number of anilines is 1. The first-order valence-electron chi connectivity index (χ1n) is 5.51. The summed E-state index contributed by atoms with van der Waals surface area (Å²) >= 11 is 3.31. The summed E-state index contributed by atoms with van der Waals surface area (Å²) in [4.78, 5) is 11.9. The van der Waals surface area contributed by atoms with Gasteiger partial charge in [-0.05, 0) is 29.8 Å². The van der Waals surface area contributed by atoms with Crippen LogP contribution in [0.5, 0.6) is 0 Å². The fourth-order valence-electron chi connectivity index (χ4n) is 1.60. The van der Waals surface area contributed by atoms with Crippen LogP contribution < -0.4 is 5.32 Å². The van der Waals surface area contributed by atoms with Crippen molar-refractivity contribution in [2.45, 2.75) is 5.33 Å². The van der Waals surface area contributed by atoms with E-state index in [0.717, 1.165) is 17.7 Å². The minimum Gasteiger partial charge on any atom is -0.322 e. The number of carbonyl (C=O) groups is 1. The summed E-state index contributed by atoms with van der Waals surface area (Å²) in [5.74, 6) is -2.20. The van der Waals surface area contributed by atoms with Crippen LogP contribution in [-0.4, -0.2) is 5.91 Å². The topological polar surface area (TPSA) is 29.1 Å². The van der Waals surface area contributed by atoms with Gasteiger partial charge in [0, 0.05) is 17.1 Å². The van der Waals surface area contributed by atoms with Crippen molar-refractivity contribution in [1.82, 2.24) is 0 Å². The minimum absolute atomic E-state index is 0.189. The molecular formula is C14H10BrF2NO. The molecule has 0 fully saturated rings. The first-order chi connectivity index (χ1) is 9.10. The Hall–Kier alpha value is -1.75. The lowest BCUT2D eigenvalue weighted by Crippen LogP contribution is -2.14. The van der Waals surface area contributed by atoms with Gasteiger partial charge in [0.25, 0.3) is 5.91 Å². The van der Waals surface area contributed by atoms with E-state index in [4.69, 9.17) is 0 Å². The number of benzene rings is 2. The molecule has 0 heterocycles. The molecule has 0 aliphatic carbocycles.